The van der Waals surface area contributed by atoms with E-state index in [4.69, 9.17) is 16.3 Å². The molecule has 0 saturated carbocycles. The van der Waals surface area contributed by atoms with E-state index >= 15 is 0 Å². The van der Waals surface area contributed by atoms with Gasteiger partial charge in [0.25, 0.3) is 0 Å². The zero-order valence-electron chi connectivity index (χ0n) is 23.0. The summed E-state index contributed by atoms with van der Waals surface area (Å²) in [5.74, 6) is -0.102. The fourth-order valence-corrected chi connectivity index (χ4v) is 4.58. The van der Waals surface area contributed by atoms with Crippen LogP contribution in [0.5, 0.6) is 0 Å². The van der Waals surface area contributed by atoms with E-state index in [0.29, 0.717) is 64.2 Å². The van der Waals surface area contributed by atoms with Crippen LogP contribution in [0.15, 0.2) is 55.0 Å². The number of aromatic amines is 1. The fourth-order valence-electron chi connectivity index (χ4n) is 4.40. The molecule has 2 bridgehead atoms. The van der Waals surface area contributed by atoms with Crippen molar-refractivity contribution >= 4 is 47.0 Å². The lowest BCUT2D eigenvalue weighted by atomic mass is 10.1. The van der Waals surface area contributed by atoms with Crippen molar-refractivity contribution in [2.45, 2.75) is 25.3 Å². The lowest BCUT2D eigenvalue weighted by Gasteiger charge is -2.17. The fraction of sp³-hybridized carbons (Fsp3) is 0.250. The Hall–Kier alpha value is -5.08. The smallest absolute Gasteiger partial charge is 0.411 e. The van der Waals surface area contributed by atoms with Crippen molar-refractivity contribution in [3.8, 4) is 16.9 Å². The van der Waals surface area contributed by atoms with E-state index < -0.39 is 12.1 Å². The molecule has 1 aliphatic rings. The lowest BCUT2D eigenvalue weighted by Crippen LogP contribution is -2.31. The molecule has 1 atom stereocenters. The van der Waals surface area contributed by atoms with Gasteiger partial charge in [0.2, 0.25) is 11.8 Å². The van der Waals surface area contributed by atoms with Gasteiger partial charge in [-0.1, -0.05) is 11.6 Å². The number of H-pyrrole nitrogens is 1. The van der Waals surface area contributed by atoms with Crippen LogP contribution in [0.3, 0.4) is 0 Å². The number of hydrogen-bond donors (Lipinski definition) is 4. The molecule has 43 heavy (non-hydrogen) atoms. The van der Waals surface area contributed by atoms with Crippen LogP contribution in [0.2, 0.25) is 5.02 Å². The summed E-state index contributed by atoms with van der Waals surface area (Å²) < 4.78 is 12.0. The van der Waals surface area contributed by atoms with Crippen molar-refractivity contribution in [2.75, 3.05) is 31.0 Å². The number of rotatable bonds is 5. The molecule has 14 nitrogen and oxygen atoms in total. The summed E-state index contributed by atoms with van der Waals surface area (Å²) in [6.07, 6.45) is 6.95. The van der Waals surface area contributed by atoms with Gasteiger partial charge in [-0.05, 0) is 65.7 Å². The third kappa shape index (κ3) is 7.61. The van der Waals surface area contributed by atoms with Crippen molar-refractivity contribution in [3.63, 3.8) is 0 Å². The highest BCUT2D eigenvalue weighted by molar-refractivity contribution is 6.30. The number of halogens is 1. The molecule has 2 aromatic carbocycles. The summed E-state index contributed by atoms with van der Waals surface area (Å²) in [4.78, 5) is 45.2. The minimum absolute atomic E-state index is 0.153. The predicted octanol–water partition coefficient (Wildman–Crippen LogP) is 3.89. The first-order valence-electron chi connectivity index (χ1n) is 13.3. The maximum atomic E-state index is 13.1. The van der Waals surface area contributed by atoms with Gasteiger partial charge >= 0.3 is 6.09 Å². The first kappa shape index (κ1) is 29.4. The van der Waals surface area contributed by atoms with Crippen LogP contribution in [0.25, 0.3) is 23.0 Å². The van der Waals surface area contributed by atoms with E-state index in [9.17, 15) is 14.4 Å². The number of nitrogens with zero attached hydrogens (tertiary/aromatic N) is 5. The normalized spacial score (nSPS) is 15.7. The van der Waals surface area contributed by atoms with Gasteiger partial charge in [-0.15, -0.1) is 5.10 Å². The van der Waals surface area contributed by atoms with Crippen LogP contribution in [-0.2, 0) is 19.1 Å². The highest BCUT2D eigenvalue weighted by atomic mass is 35.5. The number of hydrogen-bond acceptors (Lipinski definition) is 9. The number of ether oxygens (including phenoxy) is 2. The zero-order chi connectivity index (χ0) is 30.2. The molecular weight excluding hydrogens is 578 g/mol. The predicted molar refractivity (Wildman–Crippen MR) is 157 cm³/mol. The maximum Gasteiger partial charge on any atom is 0.411 e. The van der Waals surface area contributed by atoms with E-state index in [1.54, 1.807) is 48.7 Å². The van der Waals surface area contributed by atoms with E-state index in [0.717, 1.165) is 0 Å². The number of anilines is 2. The monoisotopic (exact) mass is 605 g/mol. The Morgan fingerprint density at radius 1 is 1.21 bits per heavy atom. The number of carbonyl (C=O) groups is 3. The number of fused-ring (bicyclic) bond motifs is 4. The van der Waals surface area contributed by atoms with Crippen molar-refractivity contribution < 1.29 is 23.9 Å². The first-order valence-corrected chi connectivity index (χ1v) is 13.7. The number of methoxy groups -OCH3 is 1. The minimum Gasteiger partial charge on any atom is -0.453 e. The number of carbonyl (C=O) groups excluding carboxylic acids is 3. The molecule has 15 heteroatoms. The summed E-state index contributed by atoms with van der Waals surface area (Å²) in [6.45, 7) is 0.547. The second-order valence-corrected chi connectivity index (χ2v) is 9.93. The van der Waals surface area contributed by atoms with E-state index in [1.165, 1.54) is 24.2 Å². The largest absolute Gasteiger partial charge is 0.453 e. The van der Waals surface area contributed by atoms with Gasteiger partial charge in [0.15, 0.2) is 0 Å². The summed E-state index contributed by atoms with van der Waals surface area (Å²) in [5.41, 5.74) is 3.43. The SMILES string of the molecule is COC(=O)Nc1ccc2c(c1)NC(=O)CCCCOC[C@H](NC(=O)/C=C/c1cc(Cl)ccc1-n1cnnn1)c1ncc-2[nH]1. The number of imidazole rings is 1. The molecule has 2 aromatic heterocycles. The molecule has 4 aromatic rings. The van der Waals surface area contributed by atoms with E-state index in [-0.39, 0.29) is 24.8 Å². The molecule has 0 spiro atoms. The molecule has 3 amide bonds. The average Bonchev–Trinajstić information content (AvgIpc) is 3.70. The highest BCUT2D eigenvalue weighted by Crippen LogP contribution is 2.31. The number of tetrazole rings is 1. The Balaban J connectivity index is 1.40. The van der Waals surface area contributed by atoms with Gasteiger partial charge in [0.05, 0.1) is 37.0 Å². The zero-order valence-corrected chi connectivity index (χ0v) is 23.8. The maximum absolute atomic E-state index is 13.1. The van der Waals surface area contributed by atoms with Crippen LogP contribution in [0, 0.1) is 0 Å². The summed E-state index contributed by atoms with van der Waals surface area (Å²) in [5, 5.41) is 20.2. The summed E-state index contributed by atoms with van der Waals surface area (Å²) in [7, 11) is 1.27. The van der Waals surface area contributed by atoms with Gasteiger partial charge in [-0.3, -0.25) is 14.9 Å². The number of aromatic nitrogens is 6. The van der Waals surface area contributed by atoms with Gasteiger partial charge < -0.3 is 25.1 Å². The van der Waals surface area contributed by atoms with Crippen LogP contribution in [-0.4, -0.2) is 68.4 Å². The Morgan fingerprint density at radius 2 is 2.09 bits per heavy atom. The summed E-state index contributed by atoms with van der Waals surface area (Å²) >= 11 is 6.19. The van der Waals surface area contributed by atoms with Gasteiger partial charge in [0.1, 0.15) is 18.2 Å². The molecule has 0 radical (unpaired) electrons. The molecule has 4 N–H and O–H groups in total. The van der Waals surface area contributed by atoms with Crippen molar-refractivity contribution in [1.29, 1.82) is 0 Å². The average molecular weight is 606 g/mol. The molecular formula is C28H28ClN9O5. The van der Waals surface area contributed by atoms with Crippen LogP contribution in [0.4, 0.5) is 16.2 Å². The molecule has 3 heterocycles. The Labute approximate surface area is 250 Å². The lowest BCUT2D eigenvalue weighted by molar-refractivity contribution is -0.118. The third-order valence-corrected chi connectivity index (χ3v) is 6.72. The van der Waals surface area contributed by atoms with Crippen molar-refractivity contribution in [3.05, 3.63) is 71.4 Å². The van der Waals surface area contributed by atoms with Crippen LogP contribution >= 0.6 is 11.6 Å². The molecule has 0 saturated heterocycles. The number of benzene rings is 2. The second kappa shape index (κ2) is 13.7. The minimum atomic E-state index is -0.634. The molecule has 222 valence electrons. The topological polar surface area (TPSA) is 178 Å². The Bertz CT molecular complexity index is 1640. The van der Waals surface area contributed by atoms with Gasteiger partial charge in [0, 0.05) is 40.9 Å². The summed E-state index contributed by atoms with van der Waals surface area (Å²) in [6, 6.07) is 9.61. The standard InChI is InChI=1S/C28H28ClN9O5/c1-42-28(41)32-19-7-8-20-21(13-19)33-25(39)4-2-3-11-43-15-23(27-30-14-22(20)35-27)34-26(40)10-5-17-12-18(29)6-9-24(17)38-16-31-36-37-38/h5-10,12-14,16,23H,2-4,11,15H2,1H3,(H,30,35)(H,32,41)(H,33,39)(H,34,40)/b10-5+/t23-/m0/s1. The molecule has 5 rings (SSSR count). The molecule has 0 unspecified atom stereocenters. The molecule has 0 aliphatic carbocycles. The third-order valence-electron chi connectivity index (χ3n) is 6.48. The number of nitrogens with one attached hydrogen (secondary N) is 4. The molecule has 0 fully saturated rings. The van der Waals surface area contributed by atoms with E-state index in [1.807, 2.05) is 0 Å². The van der Waals surface area contributed by atoms with Crippen molar-refractivity contribution in [1.82, 2.24) is 35.5 Å². The van der Waals surface area contributed by atoms with Gasteiger partial charge in [-0.2, -0.15) is 4.68 Å². The Kier molecular flexibility index (Phi) is 9.39. The highest BCUT2D eigenvalue weighted by Gasteiger charge is 2.20. The Morgan fingerprint density at radius 3 is 2.91 bits per heavy atom. The van der Waals surface area contributed by atoms with Crippen molar-refractivity contribution in [2.24, 2.45) is 0 Å². The first-order chi connectivity index (χ1) is 20.9. The second-order valence-electron chi connectivity index (χ2n) is 9.49. The quantitative estimate of drug-likeness (QED) is 0.246. The van der Waals surface area contributed by atoms with Crippen LogP contribution in [0.1, 0.15) is 36.7 Å². The van der Waals surface area contributed by atoms with Gasteiger partial charge in [-0.25, -0.2) is 9.78 Å². The number of amides is 3. The molecule has 1 aliphatic heterocycles. The van der Waals surface area contributed by atoms with E-state index in [2.05, 4.69) is 46.2 Å². The van der Waals surface area contributed by atoms with Crippen LogP contribution < -0.4 is 16.0 Å².